The number of aliphatic hydroxyl groups excluding tert-OH is 1. The van der Waals surface area contributed by atoms with Crippen molar-refractivity contribution < 1.29 is 15.0 Å². The normalized spacial score (nSPS) is 18.8. The molecule has 2 aliphatic heterocycles. The van der Waals surface area contributed by atoms with Crippen molar-refractivity contribution in [3.63, 3.8) is 0 Å². The number of thioether (sulfide) groups is 2. The molecule has 0 radical (unpaired) electrons. The minimum atomic E-state index is -0.714. The molecule has 0 aliphatic carbocycles. The second-order valence-electron chi connectivity index (χ2n) is 14.6. The molecule has 2 aliphatic rings. The maximum absolute atomic E-state index is 11.5. The molecular formula is C36H52O3S2. The molecule has 0 amide bonds. The largest absolute Gasteiger partial charge is 0.481 e. The highest BCUT2D eigenvalue weighted by Gasteiger charge is 2.28. The van der Waals surface area contributed by atoms with Gasteiger partial charge in [0.1, 0.15) is 0 Å². The molecule has 2 N–H and O–H groups in total. The van der Waals surface area contributed by atoms with Crippen LogP contribution in [0.4, 0.5) is 0 Å². The fourth-order valence-electron chi connectivity index (χ4n) is 5.37. The first-order valence-electron chi connectivity index (χ1n) is 15.2. The number of carbonyl (C=O) groups is 1. The molecule has 226 valence electrons. The number of carboxylic acids is 1. The van der Waals surface area contributed by atoms with E-state index in [4.69, 9.17) is 0 Å². The molecule has 1 aromatic carbocycles. The Morgan fingerprint density at radius 2 is 1.17 bits per heavy atom. The summed E-state index contributed by atoms with van der Waals surface area (Å²) in [5, 5.41) is 19.1. The minimum Gasteiger partial charge on any atom is -0.481 e. The smallest absolute Gasteiger partial charge is 0.309 e. The Hall–Kier alpha value is -1.69. The molecule has 0 atom stereocenters. The Morgan fingerprint density at radius 1 is 0.732 bits per heavy atom. The number of carboxylic acid groups (broad SMARTS) is 1. The maximum atomic E-state index is 11.5. The van der Waals surface area contributed by atoms with Crippen molar-refractivity contribution in [3.8, 4) is 0 Å². The molecule has 3 rings (SSSR count). The highest BCUT2D eigenvalue weighted by molar-refractivity contribution is 8.12. The lowest BCUT2D eigenvalue weighted by Crippen LogP contribution is -2.23. The molecular weight excluding hydrogens is 545 g/mol. The molecule has 0 spiro atoms. The van der Waals surface area contributed by atoms with E-state index in [1.807, 2.05) is 37.4 Å². The molecule has 0 unspecified atom stereocenters. The monoisotopic (exact) mass is 596 g/mol. The molecule has 1 aromatic rings. The van der Waals surface area contributed by atoms with Gasteiger partial charge in [-0.15, -0.1) is 0 Å². The second kappa shape index (κ2) is 13.7. The standard InChI is InChI=1S/C36H52O3S2/c1-33(2,25-37)19-13-11-15-26-21-34(3,4)23-30(40-26)28-17-9-10-18-29(28)31-24-35(5,6)22-27(41-31)16-12-14-20-36(7,8)32(38)39/h9-10,17-18,21-24,37H,11-16,19-20,25H2,1-8H3,(H,38,39). The van der Waals surface area contributed by atoms with Crippen LogP contribution in [0.2, 0.25) is 0 Å². The number of allylic oxidation sites excluding steroid dienone is 6. The van der Waals surface area contributed by atoms with Crippen LogP contribution in [0, 0.1) is 21.7 Å². The average molecular weight is 597 g/mol. The van der Waals surface area contributed by atoms with E-state index in [0.29, 0.717) is 6.42 Å². The Morgan fingerprint density at radius 3 is 1.59 bits per heavy atom. The Bertz CT molecular complexity index is 1210. The Kier molecular flexibility index (Phi) is 11.3. The van der Waals surface area contributed by atoms with Gasteiger partial charge < -0.3 is 10.2 Å². The molecule has 3 nitrogen and oxygen atoms in total. The van der Waals surface area contributed by atoms with Crippen LogP contribution in [0.15, 0.2) is 58.4 Å². The molecule has 2 heterocycles. The van der Waals surface area contributed by atoms with E-state index in [9.17, 15) is 15.0 Å². The third kappa shape index (κ3) is 10.2. The highest BCUT2D eigenvalue weighted by atomic mass is 32.2. The summed E-state index contributed by atoms with van der Waals surface area (Å²) in [4.78, 5) is 17.0. The SMILES string of the molecule is CC1(C)C=C(CCCCC(C)(C)CO)SC(c2ccccc2C2=CC(C)(C)C=C(CCCCC(C)(C)C(=O)O)S2)=C1. The van der Waals surface area contributed by atoms with Crippen LogP contribution in [-0.2, 0) is 4.79 Å². The first-order valence-corrected chi connectivity index (χ1v) is 16.8. The number of benzene rings is 1. The third-order valence-corrected chi connectivity index (χ3v) is 10.3. The van der Waals surface area contributed by atoms with E-state index in [0.717, 1.165) is 44.9 Å². The lowest BCUT2D eigenvalue weighted by molar-refractivity contribution is -0.147. The van der Waals surface area contributed by atoms with Gasteiger partial charge in [-0.1, -0.05) is 126 Å². The van der Waals surface area contributed by atoms with Crippen LogP contribution in [0.3, 0.4) is 0 Å². The fourth-order valence-corrected chi connectivity index (χ4v) is 8.45. The molecule has 0 saturated carbocycles. The molecule has 0 bridgehead atoms. The topological polar surface area (TPSA) is 57.5 Å². The summed E-state index contributed by atoms with van der Waals surface area (Å²) in [5.74, 6) is -0.714. The van der Waals surface area contributed by atoms with Crippen LogP contribution in [0.5, 0.6) is 0 Å². The van der Waals surface area contributed by atoms with Crippen molar-refractivity contribution in [2.24, 2.45) is 21.7 Å². The second-order valence-corrected chi connectivity index (χ2v) is 16.9. The summed E-state index contributed by atoms with van der Waals surface area (Å²) >= 11 is 3.81. The summed E-state index contributed by atoms with van der Waals surface area (Å²) in [6.45, 7) is 17.3. The third-order valence-electron chi connectivity index (χ3n) is 8.02. The van der Waals surface area contributed by atoms with Gasteiger partial charge in [0, 0.05) is 27.2 Å². The van der Waals surface area contributed by atoms with Crippen molar-refractivity contribution in [2.45, 2.75) is 107 Å². The first-order chi connectivity index (χ1) is 19.0. The van der Waals surface area contributed by atoms with Gasteiger partial charge in [-0.2, -0.15) is 0 Å². The predicted octanol–water partition coefficient (Wildman–Crippen LogP) is 10.9. The van der Waals surface area contributed by atoms with Gasteiger partial charge in [0.15, 0.2) is 0 Å². The van der Waals surface area contributed by atoms with E-state index in [1.54, 1.807) is 0 Å². The lowest BCUT2D eigenvalue weighted by atomic mass is 9.86. The van der Waals surface area contributed by atoms with Crippen molar-refractivity contribution in [3.05, 3.63) is 69.5 Å². The van der Waals surface area contributed by atoms with Gasteiger partial charge in [0.25, 0.3) is 0 Å². The zero-order chi connectivity index (χ0) is 30.5. The van der Waals surface area contributed by atoms with Crippen molar-refractivity contribution in [2.75, 3.05) is 6.61 Å². The zero-order valence-electron chi connectivity index (χ0n) is 26.6. The highest BCUT2D eigenvalue weighted by Crippen LogP contribution is 2.51. The summed E-state index contributed by atoms with van der Waals surface area (Å²) in [7, 11) is 0. The van der Waals surface area contributed by atoms with Gasteiger partial charge in [-0.3, -0.25) is 4.79 Å². The van der Waals surface area contributed by atoms with E-state index in [-0.39, 0.29) is 22.9 Å². The van der Waals surface area contributed by atoms with E-state index < -0.39 is 11.4 Å². The number of hydrogen-bond donors (Lipinski definition) is 2. The fraction of sp³-hybridized carbons (Fsp3) is 0.583. The molecule has 5 heteroatoms. The molecule has 41 heavy (non-hydrogen) atoms. The summed E-state index contributed by atoms with van der Waals surface area (Å²) in [6, 6.07) is 8.85. The van der Waals surface area contributed by atoms with Crippen molar-refractivity contribution in [1.29, 1.82) is 0 Å². The summed E-state index contributed by atoms with van der Waals surface area (Å²) in [5.41, 5.74) is 1.89. The van der Waals surface area contributed by atoms with Crippen LogP contribution in [0.1, 0.15) is 118 Å². The lowest BCUT2D eigenvalue weighted by Gasteiger charge is -2.30. The van der Waals surface area contributed by atoms with Gasteiger partial charge >= 0.3 is 5.97 Å². The number of aliphatic hydroxyl groups is 1. The van der Waals surface area contributed by atoms with E-state index in [2.05, 4.69) is 90.1 Å². The maximum Gasteiger partial charge on any atom is 0.309 e. The summed E-state index contributed by atoms with van der Waals surface area (Å²) in [6.07, 6.45) is 17.6. The quantitative estimate of drug-likeness (QED) is 0.209. The Labute approximate surface area is 258 Å². The molecule has 0 fully saturated rings. The van der Waals surface area contributed by atoms with Crippen LogP contribution < -0.4 is 0 Å². The average Bonchev–Trinajstić information content (AvgIpc) is 2.87. The van der Waals surface area contributed by atoms with E-state index in [1.165, 1.54) is 30.7 Å². The van der Waals surface area contributed by atoms with Gasteiger partial charge in [0.05, 0.1) is 5.41 Å². The van der Waals surface area contributed by atoms with Gasteiger partial charge in [-0.05, 0) is 78.7 Å². The predicted molar refractivity (Wildman–Crippen MR) is 181 cm³/mol. The van der Waals surface area contributed by atoms with Gasteiger partial charge in [-0.25, -0.2) is 0 Å². The van der Waals surface area contributed by atoms with Crippen LogP contribution in [0.25, 0.3) is 9.81 Å². The number of unbranched alkanes of at least 4 members (excludes halogenated alkanes) is 2. The number of rotatable bonds is 14. The first kappa shape index (κ1) is 33.8. The number of hydrogen-bond acceptors (Lipinski definition) is 4. The van der Waals surface area contributed by atoms with Gasteiger partial charge in [0.2, 0.25) is 0 Å². The number of aliphatic carboxylic acids is 1. The molecule has 0 aromatic heterocycles. The molecule has 0 saturated heterocycles. The van der Waals surface area contributed by atoms with E-state index >= 15 is 0 Å². The van der Waals surface area contributed by atoms with Crippen LogP contribution >= 0.6 is 23.5 Å². The van der Waals surface area contributed by atoms with Crippen LogP contribution in [-0.4, -0.2) is 22.8 Å². The Balaban J connectivity index is 1.74. The minimum absolute atomic E-state index is 0.00110. The summed E-state index contributed by atoms with van der Waals surface area (Å²) < 4.78 is 0. The zero-order valence-corrected chi connectivity index (χ0v) is 28.2. The van der Waals surface area contributed by atoms with Crippen molar-refractivity contribution >= 4 is 39.3 Å². The van der Waals surface area contributed by atoms with Crippen molar-refractivity contribution in [1.82, 2.24) is 0 Å².